The molecule has 26 heavy (non-hydrogen) atoms. The van der Waals surface area contributed by atoms with Gasteiger partial charge in [0.1, 0.15) is 11.5 Å². The molecule has 2 unspecified atom stereocenters. The molecule has 1 N–H and O–H groups in total. The third-order valence-electron chi connectivity index (χ3n) is 4.71. The molecule has 0 amide bonds. The van der Waals surface area contributed by atoms with Crippen LogP contribution in [0.2, 0.25) is 0 Å². The van der Waals surface area contributed by atoms with Crippen molar-refractivity contribution >= 4 is 0 Å². The van der Waals surface area contributed by atoms with Crippen LogP contribution in [0.1, 0.15) is 30.0 Å². The third kappa shape index (κ3) is 4.69. The van der Waals surface area contributed by atoms with E-state index in [0.29, 0.717) is 12.2 Å². The lowest BCUT2D eigenvalue weighted by Gasteiger charge is -2.33. The summed E-state index contributed by atoms with van der Waals surface area (Å²) >= 11 is 0. The van der Waals surface area contributed by atoms with Gasteiger partial charge in [-0.1, -0.05) is 30.3 Å². The van der Waals surface area contributed by atoms with Gasteiger partial charge in [0.2, 0.25) is 0 Å². The maximum absolute atomic E-state index is 12.5. The smallest absolute Gasteiger partial charge is 0.496 e. The molecule has 0 aliphatic carbocycles. The summed E-state index contributed by atoms with van der Waals surface area (Å²) in [4.78, 5) is 0. The molecule has 2 aromatic carbocycles. The highest BCUT2D eigenvalue weighted by Crippen LogP contribution is 2.36. The zero-order valence-corrected chi connectivity index (χ0v) is 14.6. The molecular formula is C20H22F3NO2. The normalized spacial score (nSPS) is 20.6. The van der Waals surface area contributed by atoms with Crippen LogP contribution in [-0.2, 0) is 6.42 Å². The van der Waals surface area contributed by atoms with Crippen molar-refractivity contribution < 1.29 is 22.6 Å². The number of halogens is 3. The van der Waals surface area contributed by atoms with Gasteiger partial charge in [-0.05, 0) is 61.1 Å². The lowest BCUT2D eigenvalue weighted by atomic mass is 9.82. The first-order chi connectivity index (χ1) is 12.5. The number of methoxy groups -OCH3 is 1. The molecule has 1 fully saturated rings. The zero-order chi connectivity index (χ0) is 18.6. The van der Waals surface area contributed by atoms with E-state index in [4.69, 9.17) is 4.74 Å². The number of nitrogens with one attached hydrogen (secondary N) is 1. The Balaban J connectivity index is 1.84. The summed E-state index contributed by atoms with van der Waals surface area (Å²) in [5, 5.41) is 3.54. The largest absolute Gasteiger partial charge is 0.573 e. The minimum Gasteiger partial charge on any atom is -0.496 e. The molecule has 1 aliphatic heterocycles. The summed E-state index contributed by atoms with van der Waals surface area (Å²) in [6.45, 7) is 0.935. The van der Waals surface area contributed by atoms with Gasteiger partial charge in [0.05, 0.1) is 7.11 Å². The first kappa shape index (κ1) is 18.6. The van der Waals surface area contributed by atoms with Crippen LogP contribution >= 0.6 is 0 Å². The minimum absolute atomic E-state index is 0.168. The van der Waals surface area contributed by atoms with Crippen molar-refractivity contribution in [1.82, 2.24) is 5.32 Å². The number of hydrogen-bond acceptors (Lipinski definition) is 3. The number of piperidine rings is 1. The second-order valence-electron chi connectivity index (χ2n) is 6.47. The van der Waals surface area contributed by atoms with Gasteiger partial charge in [-0.15, -0.1) is 13.2 Å². The maximum atomic E-state index is 12.5. The highest BCUT2D eigenvalue weighted by Gasteiger charge is 2.32. The molecule has 1 aliphatic rings. The standard InChI is InChI=1S/C20H22F3NO2/c1-25-18-10-9-17(26-20(21,22)23)13-16(18)12-15-8-5-11-24-19(15)14-6-3-2-4-7-14/h2-4,6-7,9-10,13,15,19,24H,5,8,11-12H2,1H3. The quantitative estimate of drug-likeness (QED) is 0.819. The third-order valence-corrected chi connectivity index (χ3v) is 4.71. The summed E-state index contributed by atoms with van der Waals surface area (Å²) in [5.41, 5.74) is 1.92. The van der Waals surface area contributed by atoms with E-state index >= 15 is 0 Å². The predicted octanol–water partition coefficient (Wildman–Crippen LogP) is 4.88. The monoisotopic (exact) mass is 365 g/mol. The zero-order valence-electron chi connectivity index (χ0n) is 14.6. The number of rotatable bonds is 5. The average Bonchev–Trinajstić information content (AvgIpc) is 2.62. The maximum Gasteiger partial charge on any atom is 0.573 e. The van der Waals surface area contributed by atoms with Crippen LogP contribution in [0, 0.1) is 5.92 Å². The highest BCUT2D eigenvalue weighted by molar-refractivity contribution is 5.41. The molecule has 0 saturated carbocycles. The molecule has 0 spiro atoms. The fraction of sp³-hybridized carbons (Fsp3) is 0.400. The molecule has 6 heteroatoms. The molecule has 0 aromatic heterocycles. The van der Waals surface area contributed by atoms with Gasteiger partial charge in [-0.25, -0.2) is 0 Å². The van der Waals surface area contributed by atoms with Gasteiger partial charge in [-0.2, -0.15) is 0 Å². The summed E-state index contributed by atoms with van der Waals surface area (Å²) in [7, 11) is 1.52. The molecule has 140 valence electrons. The summed E-state index contributed by atoms with van der Waals surface area (Å²) in [5.74, 6) is 0.631. The van der Waals surface area contributed by atoms with Crippen molar-refractivity contribution in [2.45, 2.75) is 31.7 Å². The van der Waals surface area contributed by atoms with E-state index in [1.165, 1.54) is 30.9 Å². The lowest BCUT2D eigenvalue weighted by Crippen LogP contribution is -2.35. The molecule has 0 bridgehead atoms. The summed E-state index contributed by atoms with van der Waals surface area (Å²) < 4.78 is 47.0. The van der Waals surface area contributed by atoms with Crippen LogP contribution in [0.15, 0.2) is 48.5 Å². The van der Waals surface area contributed by atoms with Crippen molar-refractivity contribution in [3.05, 3.63) is 59.7 Å². The van der Waals surface area contributed by atoms with Crippen molar-refractivity contribution in [2.75, 3.05) is 13.7 Å². The van der Waals surface area contributed by atoms with E-state index in [2.05, 4.69) is 22.2 Å². The Labute approximate surface area is 151 Å². The predicted molar refractivity (Wildman–Crippen MR) is 93.3 cm³/mol. The van der Waals surface area contributed by atoms with Gasteiger partial charge >= 0.3 is 6.36 Å². The topological polar surface area (TPSA) is 30.5 Å². The number of hydrogen-bond donors (Lipinski definition) is 1. The number of benzene rings is 2. The minimum atomic E-state index is -4.70. The van der Waals surface area contributed by atoms with E-state index in [-0.39, 0.29) is 17.7 Å². The molecule has 1 heterocycles. The van der Waals surface area contributed by atoms with Crippen LogP contribution in [0.5, 0.6) is 11.5 Å². The first-order valence-corrected chi connectivity index (χ1v) is 8.67. The Bertz CT molecular complexity index is 719. The molecule has 3 nitrogen and oxygen atoms in total. The first-order valence-electron chi connectivity index (χ1n) is 8.67. The van der Waals surface area contributed by atoms with E-state index in [0.717, 1.165) is 24.9 Å². The van der Waals surface area contributed by atoms with E-state index in [1.54, 1.807) is 0 Å². The number of alkyl halides is 3. The fourth-order valence-electron chi connectivity index (χ4n) is 3.62. The van der Waals surface area contributed by atoms with Crippen molar-refractivity contribution in [1.29, 1.82) is 0 Å². The lowest BCUT2D eigenvalue weighted by molar-refractivity contribution is -0.274. The highest BCUT2D eigenvalue weighted by atomic mass is 19.4. The molecule has 2 atom stereocenters. The summed E-state index contributed by atoms with van der Waals surface area (Å²) in [6.07, 6.45) is -2.05. The molecule has 3 rings (SSSR count). The Morgan fingerprint density at radius 2 is 1.88 bits per heavy atom. The van der Waals surface area contributed by atoms with Crippen molar-refractivity contribution in [2.24, 2.45) is 5.92 Å². The molecular weight excluding hydrogens is 343 g/mol. The van der Waals surface area contributed by atoms with Crippen molar-refractivity contribution in [3.8, 4) is 11.5 Å². The SMILES string of the molecule is COc1ccc(OC(F)(F)F)cc1CC1CCCNC1c1ccccc1. The van der Waals surface area contributed by atoms with E-state index in [9.17, 15) is 13.2 Å². The van der Waals surface area contributed by atoms with Crippen LogP contribution in [0.3, 0.4) is 0 Å². The van der Waals surface area contributed by atoms with Gasteiger partial charge in [0, 0.05) is 6.04 Å². The van der Waals surface area contributed by atoms with E-state index < -0.39 is 6.36 Å². The van der Waals surface area contributed by atoms with Gasteiger partial charge in [-0.3, -0.25) is 0 Å². The Morgan fingerprint density at radius 3 is 2.58 bits per heavy atom. The Kier molecular flexibility index (Phi) is 5.71. The van der Waals surface area contributed by atoms with Gasteiger partial charge in [0.25, 0.3) is 0 Å². The Morgan fingerprint density at radius 1 is 1.12 bits per heavy atom. The van der Waals surface area contributed by atoms with Crippen molar-refractivity contribution in [3.63, 3.8) is 0 Å². The van der Waals surface area contributed by atoms with Gasteiger partial charge in [0.15, 0.2) is 0 Å². The van der Waals surface area contributed by atoms with Crippen LogP contribution in [0.4, 0.5) is 13.2 Å². The fourth-order valence-corrected chi connectivity index (χ4v) is 3.62. The van der Waals surface area contributed by atoms with Crippen LogP contribution in [-0.4, -0.2) is 20.0 Å². The second kappa shape index (κ2) is 7.99. The second-order valence-corrected chi connectivity index (χ2v) is 6.47. The molecule has 1 saturated heterocycles. The summed E-state index contributed by atoms with van der Waals surface area (Å²) in [6, 6.07) is 14.6. The molecule has 0 radical (unpaired) electrons. The van der Waals surface area contributed by atoms with E-state index in [1.807, 2.05) is 18.2 Å². The van der Waals surface area contributed by atoms with Crippen LogP contribution < -0.4 is 14.8 Å². The Hall–Kier alpha value is -2.21. The van der Waals surface area contributed by atoms with Crippen LogP contribution in [0.25, 0.3) is 0 Å². The number of ether oxygens (including phenoxy) is 2. The molecule has 2 aromatic rings. The van der Waals surface area contributed by atoms with Gasteiger partial charge < -0.3 is 14.8 Å². The average molecular weight is 365 g/mol.